The van der Waals surface area contributed by atoms with Crippen molar-refractivity contribution in [2.75, 3.05) is 13.7 Å². The van der Waals surface area contributed by atoms with E-state index in [1.54, 1.807) is 6.07 Å². The minimum atomic E-state index is -0.338. The molecule has 102 valence electrons. The molecule has 0 amide bonds. The third-order valence-corrected chi connectivity index (χ3v) is 2.15. The van der Waals surface area contributed by atoms with Gasteiger partial charge in [-0.05, 0) is 24.1 Å². The number of halogens is 2. The Morgan fingerprint density at radius 1 is 1.44 bits per heavy atom. The highest BCUT2D eigenvalue weighted by molar-refractivity contribution is 14.0. The van der Waals surface area contributed by atoms with Crippen LogP contribution < -0.4 is 15.8 Å². The molecule has 0 saturated heterocycles. The number of methoxy groups -OCH3 is 1. The summed E-state index contributed by atoms with van der Waals surface area (Å²) >= 11 is 0. The van der Waals surface area contributed by atoms with Gasteiger partial charge >= 0.3 is 0 Å². The van der Waals surface area contributed by atoms with Gasteiger partial charge in [-0.15, -0.1) is 24.0 Å². The minimum absolute atomic E-state index is 0. The molecule has 0 bridgehead atoms. The number of hydrogen-bond donors (Lipinski definition) is 2. The first-order chi connectivity index (χ1) is 8.15. The number of hydrogen-bond acceptors (Lipinski definition) is 2. The third-order valence-electron chi connectivity index (χ3n) is 2.15. The molecule has 0 saturated carbocycles. The number of benzene rings is 1. The van der Waals surface area contributed by atoms with Crippen molar-refractivity contribution < 1.29 is 9.13 Å². The van der Waals surface area contributed by atoms with Crippen molar-refractivity contribution in [2.24, 2.45) is 10.7 Å². The molecule has 0 aromatic heterocycles. The molecule has 1 aromatic rings. The lowest BCUT2D eigenvalue weighted by molar-refractivity contribution is 0.410. The average Bonchev–Trinajstić information content (AvgIpc) is 2.33. The van der Waals surface area contributed by atoms with Gasteiger partial charge in [-0.25, -0.2) is 9.38 Å². The van der Waals surface area contributed by atoms with Crippen molar-refractivity contribution in [3.05, 3.63) is 29.6 Å². The first-order valence-electron chi connectivity index (χ1n) is 5.53. The lowest BCUT2D eigenvalue weighted by Crippen LogP contribution is -2.32. The average molecular weight is 367 g/mol. The van der Waals surface area contributed by atoms with Crippen LogP contribution in [0.5, 0.6) is 5.75 Å². The lowest BCUT2D eigenvalue weighted by Gasteiger charge is -2.05. The minimum Gasteiger partial charge on any atom is -0.497 e. The Hall–Kier alpha value is -1.05. The zero-order valence-corrected chi connectivity index (χ0v) is 12.9. The number of nitrogens with zero attached hydrogens (tertiary/aromatic N) is 1. The molecule has 1 aromatic carbocycles. The number of nitrogens with one attached hydrogen (secondary N) is 1. The zero-order chi connectivity index (χ0) is 12.7. The van der Waals surface area contributed by atoms with Gasteiger partial charge in [0, 0.05) is 12.6 Å². The van der Waals surface area contributed by atoms with Crippen molar-refractivity contribution in [1.29, 1.82) is 0 Å². The molecule has 6 heteroatoms. The van der Waals surface area contributed by atoms with E-state index < -0.39 is 0 Å². The van der Waals surface area contributed by atoms with Gasteiger partial charge < -0.3 is 15.8 Å². The molecular formula is C12H19FIN3O. The van der Waals surface area contributed by atoms with Crippen LogP contribution in [0.3, 0.4) is 0 Å². The van der Waals surface area contributed by atoms with Crippen molar-refractivity contribution in [3.63, 3.8) is 0 Å². The molecule has 3 N–H and O–H groups in total. The summed E-state index contributed by atoms with van der Waals surface area (Å²) in [7, 11) is 1.50. The smallest absolute Gasteiger partial charge is 0.188 e. The van der Waals surface area contributed by atoms with E-state index >= 15 is 0 Å². The Morgan fingerprint density at radius 3 is 2.78 bits per heavy atom. The molecule has 0 aliphatic heterocycles. The molecule has 0 aliphatic carbocycles. The highest BCUT2D eigenvalue weighted by Gasteiger charge is 2.00. The second-order valence-electron chi connectivity index (χ2n) is 3.63. The van der Waals surface area contributed by atoms with Crippen LogP contribution in [0, 0.1) is 5.82 Å². The van der Waals surface area contributed by atoms with E-state index in [1.165, 1.54) is 19.2 Å². The second kappa shape index (κ2) is 8.96. The highest BCUT2D eigenvalue weighted by Crippen LogP contribution is 2.16. The van der Waals surface area contributed by atoms with Crippen LogP contribution in [-0.2, 0) is 6.54 Å². The topological polar surface area (TPSA) is 59.6 Å². The fourth-order valence-electron chi connectivity index (χ4n) is 1.32. The molecule has 0 aliphatic rings. The van der Waals surface area contributed by atoms with Crippen molar-refractivity contribution >= 4 is 29.9 Å². The molecule has 0 spiro atoms. The summed E-state index contributed by atoms with van der Waals surface area (Å²) in [5.41, 5.74) is 6.36. The summed E-state index contributed by atoms with van der Waals surface area (Å²) in [6, 6.07) is 4.48. The number of guanidine groups is 1. The SMILES string of the molecule is CCCNC(N)=NCc1cc(F)cc(OC)c1.I. The fourth-order valence-corrected chi connectivity index (χ4v) is 1.32. The van der Waals surface area contributed by atoms with Gasteiger partial charge in [-0.3, -0.25) is 0 Å². The Bertz CT molecular complexity index is 399. The van der Waals surface area contributed by atoms with Crippen molar-refractivity contribution in [3.8, 4) is 5.75 Å². The Labute approximate surface area is 124 Å². The number of aliphatic imine (C=N–C) groups is 1. The van der Waals surface area contributed by atoms with Crippen LogP contribution in [-0.4, -0.2) is 19.6 Å². The third kappa shape index (κ3) is 6.04. The van der Waals surface area contributed by atoms with Crippen molar-refractivity contribution in [2.45, 2.75) is 19.9 Å². The molecule has 0 unspecified atom stereocenters. The maximum Gasteiger partial charge on any atom is 0.188 e. The van der Waals surface area contributed by atoms with E-state index in [0.717, 1.165) is 18.5 Å². The van der Waals surface area contributed by atoms with E-state index in [-0.39, 0.29) is 29.8 Å². The van der Waals surface area contributed by atoms with Crippen LogP contribution in [0.4, 0.5) is 4.39 Å². The van der Waals surface area contributed by atoms with Crippen LogP contribution in [0.2, 0.25) is 0 Å². The fraction of sp³-hybridized carbons (Fsp3) is 0.417. The first-order valence-corrected chi connectivity index (χ1v) is 5.53. The number of nitrogens with two attached hydrogens (primary N) is 1. The Morgan fingerprint density at radius 2 is 2.17 bits per heavy atom. The molecule has 0 atom stereocenters. The summed E-state index contributed by atoms with van der Waals surface area (Å²) in [6.07, 6.45) is 0.976. The first kappa shape index (κ1) is 16.9. The van der Waals surface area contributed by atoms with E-state index in [4.69, 9.17) is 10.5 Å². The largest absolute Gasteiger partial charge is 0.497 e. The molecule has 18 heavy (non-hydrogen) atoms. The zero-order valence-electron chi connectivity index (χ0n) is 10.6. The van der Waals surface area contributed by atoms with Gasteiger partial charge in [-0.2, -0.15) is 0 Å². The summed E-state index contributed by atoms with van der Waals surface area (Å²) in [5.74, 6) is 0.514. The number of rotatable bonds is 5. The van der Waals surface area contributed by atoms with Crippen molar-refractivity contribution in [1.82, 2.24) is 5.32 Å². The normalized spacial score (nSPS) is 10.7. The molecule has 1 rings (SSSR count). The van der Waals surface area contributed by atoms with E-state index in [9.17, 15) is 4.39 Å². The summed E-state index contributed by atoms with van der Waals surface area (Å²) in [4.78, 5) is 4.11. The summed E-state index contributed by atoms with van der Waals surface area (Å²) in [6.45, 7) is 3.15. The molecule has 4 nitrogen and oxygen atoms in total. The maximum atomic E-state index is 13.2. The predicted octanol–water partition coefficient (Wildman–Crippen LogP) is 2.27. The highest BCUT2D eigenvalue weighted by atomic mass is 127. The second-order valence-corrected chi connectivity index (χ2v) is 3.63. The predicted molar refractivity (Wildman–Crippen MR) is 82.0 cm³/mol. The van der Waals surface area contributed by atoms with E-state index in [2.05, 4.69) is 10.3 Å². The molecule has 0 radical (unpaired) electrons. The van der Waals surface area contributed by atoms with Crippen LogP contribution in [0.1, 0.15) is 18.9 Å². The maximum absolute atomic E-state index is 13.2. The Kier molecular flexibility index (Phi) is 8.43. The molecule has 0 heterocycles. The van der Waals surface area contributed by atoms with E-state index in [1.807, 2.05) is 6.92 Å². The van der Waals surface area contributed by atoms with Crippen LogP contribution in [0.15, 0.2) is 23.2 Å². The standard InChI is InChI=1S/C12H18FN3O.HI/c1-3-4-15-12(14)16-8-9-5-10(13)7-11(6-9)17-2;/h5-7H,3-4,8H2,1-2H3,(H3,14,15,16);1H. The molecular weight excluding hydrogens is 348 g/mol. The van der Waals surface area contributed by atoms with Gasteiger partial charge in [0.2, 0.25) is 0 Å². The number of ether oxygens (including phenoxy) is 1. The summed E-state index contributed by atoms with van der Waals surface area (Å²) in [5, 5.41) is 2.95. The van der Waals surface area contributed by atoms with Crippen LogP contribution >= 0.6 is 24.0 Å². The monoisotopic (exact) mass is 367 g/mol. The molecule has 0 fully saturated rings. The van der Waals surface area contributed by atoms with Gasteiger partial charge in [0.1, 0.15) is 11.6 Å². The quantitative estimate of drug-likeness (QED) is 0.477. The van der Waals surface area contributed by atoms with Gasteiger partial charge in [0.25, 0.3) is 0 Å². The lowest BCUT2D eigenvalue weighted by atomic mass is 10.2. The van der Waals surface area contributed by atoms with E-state index in [0.29, 0.717) is 18.3 Å². The van der Waals surface area contributed by atoms with Crippen LogP contribution in [0.25, 0.3) is 0 Å². The van der Waals surface area contributed by atoms with Gasteiger partial charge in [0.15, 0.2) is 5.96 Å². The Balaban J connectivity index is 0.00000289. The van der Waals surface area contributed by atoms with Gasteiger partial charge in [-0.1, -0.05) is 6.92 Å². The van der Waals surface area contributed by atoms with Gasteiger partial charge in [0.05, 0.1) is 13.7 Å². The summed E-state index contributed by atoms with van der Waals surface area (Å²) < 4.78 is 18.1.